The van der Waals surface area contributed by atoms with E-state index < -0.39 is 19.5 Å². The summed E-state index contributed by atoms with van der Waals surface area (Å²) < 4.78 is 12.1. The third-order valence-electron chi connectivity index (χ3n) is 3.69. The van der Waals surface area contributed by atoms with Crippen LogP contribution in [-0.4, -0.2) is 46.9 Å². The minimum atomic E-state index is -3.33. The quantitative estimate of drug-likeness (QED) is 0.516. The minimum Gasteiger partial charge on any atom is -0.391 e. The summed E-state index contributed by atoms with van der Waals surface area (Å²) >= 11 is 0. The highest BCUT2D eigenvalue weighted by molar-refractivity contribution is 7.58. The maximum Gasteiger partial charge on any atom is 0.236 e. The molecule has 1 aliphatic rings. The van der Waals surface area contributed by atoms with Gasteiger partial charge in [-0.1, -0.05) is 19.3 Å². The second-order valence-corrected chi connectivity index (χ2v) is 8.33. The van der Waals surface area contributed by atoms with Gasteiger partial charge in [0.05, 0.1) is 18.3 Å². The number of hydrogen-bond donors (Lipinski definition) is 4. The molecule has 1 amide bonds. The van der Waals surface area contributed by atoms with Crippen molar-refractivity contribution in [2.45, 2.75) is 51.2 Å². The van der Waals surface area contributed by atoms with Crippen LogP contribution in [0.5, 0.6) is 0 Å². The summed E-state index contributed by atoms with van der Waals surface area (Å²) in [5.74, 6) is -0.0745. The van der Waals surface area contributed by atoms with E-state index in [9.17, 15) is 19.4 Å². The molecular weight excluding hydrogens is 279 g/mol. The summed E-state index contributed by atoms with van der Waals surface area (Å²) in [4.78, 5) is 21.2. The van der Waals surface area contributed by atoms with Crippen LogP contribution in [0.3, 0.4) is 0 Å². The Balaban J connectivity index is 2.32. The molecule has 0 aromatic carbocycles. The molecule has 1 saturated carbocycles. The maximum absolute atomic E-state index is 12.1. The molecule has 118 valence electrons. The lowest BCUT2D eigenvalue weighted by Gasteiger charge is -2.25. The molecule has 0 aromatic heterocycles. The van der Waals surface area contributed by atoms with Crippen molar-refractivity contribution >= 4 is 13.3 Å². The van der Waals surface area contributed by atoms with Crippen molar-refractivity contribution in [2.75, 3.05) is 18.9 Å². The van der Waals surface area contributed by atoms with Gasteiger partial charge in [0.1, 0.15) is 0 Å². The lowest BCUT2D eigenvalue weighted by atomic mass is 9.91. The topological polar surface area (TPSA) is 113 Å². The Morgan fingerprint density at radius 1 is 1.40 bits per heavy atom. The van der Waals surface area contributed by atoms with Crippen LogP contribution in [0.2, 0.25) is 0 Å². The van der Waals surface area contributed by atoms with Gasteiger partial charge < -0.3 is 21.1 Å². The Hall–Kier alpha value is -0.420. The molecule has 1 aliphatic carbocycles. The third-order valence-corrected chi connectivity index (χ3v) is 5.77. The van der Waals surface area contributed by atoms with E-state index in [1.54, 1.807) is 6.92 Å². The largest absolute Gasteiger partial charge is 0.391 e. The second-order valence-electron chi connectivity index (χ2n) is 5.90. The molecule has 3 atom stereocenters. The monoisotopic (exact) mass is 306 g/mol. The molecule has 0 aliphatic heterocycles. The number of carbonyl (C=O) groups is 1. The van der Waals surface area contributed by atoms with Crippen LogP contribution in [0.15, 0.2) is 0 Å². The number of aliphatic hydroxyl groups excluding tert-OH is 1. The molecule has 6 nitrogen and oxygen atoms in total. The molecule has 0 saturated heterocycles. The van der Waals surface area contributed by atoms with E-state index in [0.717, 1.165) is 25.7 Å². The molecule has 0 bridgehead atoms. The van der Waals surface area contributed by atoms with E-state index in [4.69, 9.17) is 5.73 Å². The Bertz CT molecular complexity index is 356. The average molecular weight is 306 g/mol. The van der Waals surface area contributed by atoms with E-state index in [0.29, 0.717) is 5.92 Å². The molecule has 1 fully saturated rings. The zero-order chi connectivity index (χ0) is 15.2. The molecule has 0 aromatic rings. The standard InChI is InChI=1S/C13H27N2O4P/c1-10(14)13(17)15-7-12(16)9-20(18,19)8-11-5-3-2-4-6-11/h10-12,16H,2-9,14H2,1H3,(H,15,17)(H,18,19). The molecule has 0 radical (unpaired) electrons. The van der Waals surface area contributed by atoms with Crippen LogP contribution in [0.1, 0.15) is 39.0 Å². The highest BCUT2D eigenvalue weighted by atomic mass is 31.2. The predicted molar refractivity (Wildman–Crippen MR) is 78.8 cm³/mol. The highest BCUT2D eigenvalue weighted by Crippen LogP contribution is 2.45. The second kappa shape index (κ2) is 8.13. The third kappa shape index (κ3) is 6.84. The van der Waals surface area contributed by atoms with Crippen molar-refractivity contribution in [3.63, 3.8) is 0 Å². The number of hydrogen-bond acceptors (Lipinski definition) is 4. The lowest BCUT2D eigenvalue weighted by Crippen LogP contribution is -2.42. The van der Waals surface area contributed by atoms with Crippen molar-refractivity contribution in [3.05, 3.63) is 0 Å². The van der Waals surface area contributed by atoms with Crippen LogP contribution in [0.25, 0.3) is 0 Å². The summed E-state index contributed by atoms with van der Waals surface area (Å²) in [7, 11) is -3.33. The lowest BCUT2D eigenvalue weighted by molar-refractivity contribution is -0.122. The van der Waals surface area contributed by atoms with Crippen molar-refractivity contribution in [2.24, 2.45) is 11.7 Å². The van der Waals surface area contributed by atoms with Gasteiger partial charge in [-0.3, -0.25) is 9.36 Å². The Morgan fingerprint density at radius 2 is 2.00 bits per heavy atom. The van der Waals surface area contributed by atoms with Gasteiger partial charge in [0.25, 0.3) is 0 Å². The zero-order valence-corrected chi connectivity index (χ0v) is 13.0. The molecule has 5 N–H and O–H groups in total. The highest BCUT2D eigenvalue weighted by Gasteiger charge is 2.28. The summed E-state index contributed by atoms with van der Waals surface area (Å²) in [6, 6.07) is -0.648. The maximum atomic E-state index is 12.1. The fourth-order valence-electron chi connectivity index (χ4n) is 2.62. The minimum absolute atomic E-state index is 0.0322. The van der Waals surface area contributed by atoms with Crippen LogP contribution in [-0.2, 0) is 9.36 Å². The van der Waals surface area contributed by atoms with Crippen molar-refractivity contribution < 1.29 is 19.4 Å². The van der Waals surface area contributed by atoms with Gasteiger partial charge >= 0.3 is 0 Å². The summed E-state index contributed by atoms with van der Waals surface area (Å²) in [5.41, 5.74) is 5.38. The molecule has 20 heavy (non-hydrogen) atoms. The first-order chi connectivity index (χ1) is 9.30. The number of carbonyl (C=O) groups excluding carboxylic acids is 1. The van der Waals surface area contributed by atoms with Gasteiger partial charge in [-0.25, -0.2) is 0 Å². The van der Waals surface area contributed by atoms with Crippen LogP contribution in [0, 0.1) is 5.92 Å². The van der Waals surface area contributed by atoms with Gasteiger partial charge in [0.15, 0.2) is 0 Å². The number of aliphatic hydroxyl groups is 1. The van der Waals surface area contributed by atoms with Crippen molar-refractivity contribution in [3.8, 4) is 0 Å². The van der Waals surface area contributed by atoms with E-state index >= 15 is 0 Å². The van der Waals surface area contributed by atoms with Gasteiger partial charge in [0.2, 0.25) is 13.3 Å². The van der Waals surface area contributed by atoms with Crippen LogP contribution >= 0.6 is 7.37 Å². The number of amides is 1. The van der Waals surface area contributed by atoms with E-state index in [1.165, 1.54) is 6.42 Å². The first kappa shape index (κ1) is 17.6. The zero-order valence-electron chi connectivity index (χ0n) is 12.1. The summed E-state index contributed by atoms with van der Waals surface area (Å²) in [5, 5.41) is 12.2. The van der Waals surface area contributed by atoms with Gasteiger partial charge in [0, 0.05) is 12.7 Å². The summed E-state index contributed by atoms with van der Waals surface area (Å²) in [6.07, 6.45) is 4.57. The van der Waals surface area contributed by atoms with Crippen LogP contribution < -0.4 is 11.1 Å². The van der Waals surface area contributed by atoms with Gasteiger partial charge in [-0.15, -0.1) is 0 Å². The van der Waals surface area contributed by atoms with Gasteiger partial charge in [-0.2, -0.15) is 0 Å². The fraction of sp³-hybridized carbons (Fsp3) is 0.923. The average Bonchev–Trinajstić information content (AvgIpc) is 2.35. The molecule has 0 heterocycles. The molecule has 7 heteroatoms. The first-order valence-corrected chi connectivity index (χ1v) is 9.35. The Kier molecular flexibility index (Phi) is 7.17. The normalized spacial score (nSPS) is 22.8. The van der Waals surface area contributed by atoms with Gasteiger partial charge in [-0.05, 0) is 25.7 Å². The molecule has 0 spiro atoms. The first-order valence-electron chi connectivity index (χ1n) is 7.32. The number of nitrogens with two attached hydrogens (primary N) is 1. The predicted octanol–water partition coefficient (Wildman–Crippen LogP) is 0.661. The SMILES string of the molecule is CC(N)C(=O)NCC(O)CP(=O)(O)CC1CCCCC1. The molecular formula is C13H27N2O4P. The Labute approximate surface area is 120 Å². The fourth-order valence-corrected chi connectivity index (χ4v) is 4.73. The number of rotatable bonds is 7. The van der Waals surface area contributed by atoms with E-state index in [-0.39, 0.29) is 24.8 Å². The Morgan fingerprint density at radius 3 is 2.55 bits per heavy atom. The number of nitrogens with one attached hydrogen (secondary N) is 1. The van der Waals surface area contributed by atoms with Crippen molar-refractivity contribution in [1.29, 1.82) is 0 Å². The smallest absolute Gasteiger partial charge is 0.236 e. The van der Waals surface area contributed by atoms with Crippen LogP contribution in [0.4, 0.5) is 0 Å². The summed E-state index contributed by atoms with van der Waals surface area (Å²) in [6.45, 7) is 1.51. The van der Waals surface area contributed by atoms with E-state index in [1.807, 2.05) is 0 Å². The molecule has 1 rings (SSSR count). The van der Waals surface area contributed by atoms with Crippen molar-refractivity contribution in [1.82, 2.24) is 5.32 Å². The van der Waals surface area contributed by atoms with E-state index in [2.05, 4.69) is 5.32 Å². The molecule has 3 unspecified atom stereocenters.